The van der Waals surface area contributed by atoms with Gasteiger partial charge < -0.3 is 19.9 Å². The van der Waals surface area contributed by atoms with E-state index >= 15 is 0 Å². The van der Waals surface area contributed by atoms with E-state index < -0.39 is 6.09 Å². The molecule has 4 rings (SSSR count). The van der Waals surface area contributed by atoms with Gasteiger partial charge in [-0.15, -0.1) is 0 Å². The predicted molar refractivity (Wildman–Crippen MR) is 116 cm³/mol. The summed E-state index contributed by atoms with van der Waals surface area (Å²) in [5.41, 5.74) is 2.30. The van der Waals surface area contributed by atoms with Gasteiger partial charge in [-0.05, 0) is 35.4 Å². The summed E-state index contributed by atoms with van der Waals surface area (Å²) in [7, 11) is 0. The van der Waals surface area contributed by atoms with E-state index in [1.807, 2.05) is 54.6 Å². The van der Waals surface area contributed by atoms with Gasteiger partial charge in [0, 0.05) is 24.8 Å². The summed E-state index contributed by atoms with van der Waals surface area (Å²) in [6.07, 6.45) is 3.37. The van der Waals surface area contributed by atoms with Crippen molar-refractivity contribution in [2.75, 3.05) is 0 Å². The largest absolute Gasteiger partial charge is 0.490 e. The molecule has 0 radical (unpaired) electrons. The van der Waals surface area contributed by atoms with Crippen LogP contribution in [-0.2, 0) is 0 Å². The Hall–Kier alpha value is -4.12. The zero-order valence-electron chi connectivity index (χ0n) is 17.4. The van der Waals surface area contributed by atoms with E-state index in [0.29, 0.717) is 24.3 Å². The second kappa shape index (κ2) is 9.35. The summed E-state index contributed by atoms with van der Waals surface area (Å²) in [6, 6.07) is 17.6. The number of aromatic nitrogens is 2. The first-order chi connectivity index (χ1) is 15.5. The monoisotopic (exact) mass is 430 g/mol. The molecule has 1 atom stereocenters. The van der Waals surface area contributed by atoms with Crippen molar-refractivity contribution in [2.24, 2.45) is 0 Å². The van der Waals surface area contributed by atoms with Gasteiger partial charge in [-0.1, -0.05) is 31.2 Å². The molecule has 1 amide bonds. The standard InChI is InChI=1S/C24H22N4O4/c1-15(16-2-6-19(7-3-16)31-21-10-18(11-21)28-24(29)30)17-4-8-20(9-5-17)32-22-13-26-23(12-25)27-14-22/h2-9,13-15,18,21,28H,10-11H2,1H3,(H,29,30)/t15?,18-,21-. The molecular formula is C24H22N4O4. The lowest BCUT2D eigenvalue weighted by molar-refractivity contribution is 0.0834. The number of rotatable bonds is 7. The predicted octanol–water partition coefficient (Wildman–Crippen LogP) is 4.47. The van der Waals surface area contributed by atoms with Crippen LogP contribution in [0.1, 0.15) is 42.6 Å². The number of carboxylic acid groups (broad SMARTS) is 1. The third-order valence-corrected chi connectivity index (χ3v) is 5.45. The molecule has 0 aliphatic heterocycles. The number of ether oxygens (including phenoxy) is 2. The van der Waals surface area contributed by atoms with Crippen molar-refractivity contribution < 1.29 is 19.4 Å². The molecule has 2 N–H and O–H groups in total. The fourth-order valence-electron chi connectivity index (χ4n) is 3.56. The third-order valence-electron chi connectivity index (χ3n) is 5.45. The van der Waals surface area contributed by atoms with Crippen molar-refractivity contribution in [1.82, 2.24) is 15.3 Å². The second-order valence-corrected chi connectivity index (χ2v) is 7.67. The first kappa shape index (κ1) is 21.1. The van der Waals surface area contributed by atoms with Crippen molar-refractivity contribution in [3.05, 3.63) is 77.9 Å². The SMILES string of the molecule is CC(c1ccc(Oc2cnc(C#N)nc2)cc1)c1ccc(O[C@H]2C[C@H](NC(=O)O)C2)cc1. The van der Waals surface area contributed by atoms with Crippen LogP contribution in [0.5, 0.6) is 17.2 Å². The van der Waals surface area contributed by atoms with E-state index in [0.717, 1.165) is 16.9 Å². The van der Waals surface area contributed by atoms with E-state index in [1.165, 1.54) is 12.4 Å². The second-order valence-electron chi connectivity index (χ2n) is 7.67. The summed E-state index contributed by atoms with van der Waals surface area (Å²) in [5, 5.41) is 20.0. The van der Waals surface area contributed by atoms with E-state index in [1.54, 1.807) is 0 Å². The maximum Gasteiger partial charge on any atom is 0.404 e. The normalized spacial score (nSPS) is 18.0. The molecule has 0 spiro atoms. The number of nitrogens with zero attached hydrogens (tertiary/aromatic N) is 3. The first-order valence-electron chi connectivity index (χ1n) is 10.3. The third kappa shape index (κ3) is 5.13. The average Bonchev–Trinajstić information content (AvgIpc) is 2.78. The van der Waals surface area contributed by atoms with Crippen LogP contribution < -0.4 is 14.8 Å². The summed E-state index contributed by atoms with van der Waals surface area (Å²) < 4.78 is 11.6. The lowest BCUT2D eigenvalue weighted by Gasteiger charge is -2.35. The zero-order chi connectivity index (χ0) is 22.5. The Kier molecular flexibility index (Phi) is 6.17. The maximum absolute atomic E-state index is 10.6. The molecule has 162 valence electrons. The van der Waals surface area contributed by atoms with Crippen molar-refractivity contribution in [1.29, 1.82) is 5.26 Å². The quantitative estimate of drug-likeness (QED) is 0.568. The number of carbonyl (C=O) groups is 1. The molecule has 0 bridgehead atoms. The molecule has 1 saturated carbocycles. The van der Waals surface area contributed by atoms with Gasteiger partial charge in [0.25, 0.3) is 0 Å². The van der Waals surface area contributed by atoms with Crippen molar-refractivity contribution in [3.8, 4) is 23.3 Å². The maximum atomic E-state index is 10.6. The zero-order valence-corrected chi connectivity index (χ0v) is 17.4. The van der Waals surface area contributed by atoms with E-state index in [4.69, 9.17) is 19.8 Å². The van der Waals surface area contributed by atoms with Gasteiger partial charge >= 0.3 is 6.09 Å². The minimum atomic E-state index is -0.991. The van der Waals surface area contributed by atoms with E-state index in [2.05, 4.69) is 22.2 Å². The molecular weight excluding hydrogens is 408 g/mol. The number of hydrogen-bond donors (Lipinski definition) is 2. The van der Waals surface area contributed by atoms with Gasteiger partial charge in [-0.2, -0.15) is 5.26 Å². The van der Waals surface area contributed by atoms with Crippen molar-refractivity contribution in [2.45, 2.75) is 37.8 Å². The highest BCUT2D eigenvalue weighted by atomic mass is 16.5. The fourth-order valence-corrected chi connectivity index (χ4v) is 3.56. The Labute approximate surface area is 185 Å². The lowest BCUT2D eigenvalue weighted by atomic mass is 9.89. The Balaban J connectivity index is 1.32. The van der Waals surface area contributed by atoms with Crippen LogP contribution in [0.25, 0.3) is 0 Å². The number of benzene rings is 2. The number of nitriles is 1. The molecule has 8 heteroatoms. The van der Waals surface area contributed by atoms with Crippen LogP contribution in [0, 0.1) is 11.3 Å². The summed E-state index contributed by atoms with van der Waals surface area (Å²) in [5.74, 6) is 2.20. The molecule has 1 heterocycles. The summed E-state index contributed by atoms with van der Waals surface area (Å²) >= 11 is 0. The molecule has 1 aliphatic carbocycles. The van der Waals surface area contributed by atoms with Crippen LogP contribution in [0.3, 0.4) is 0 Å². The van der Waals surface area contributed by atoms with Gasteiger partial charge in [0.1, 0.15) is 23.7 Å². The smallest absolute Gasteiger partial charge is 0.404 e. The van der Waals surface area contributed by atoms with Gasteiger partial charge in [0.05, 0.1) is 12.4 Å². The minimum absolute atomic E-state index is 0.0202. The highest BCUT2D eigenvalue weighted by molar-refractivity contribution is 5.65. The molecule has 3 aromatic rings. The average molecular weight is 430 g/mol. The van der Waals surface area contributed by atoms with Crippen LogP contribution in [0.4, 0.5) is 4.79 Å². The fraction of sp³-hybridized carbons (Fsp3) is 0.250. The van der Waals surface area contributed by atoms with Gasteiger partial charge in [-0.25, -0.2) is 14.8 Å². The molecule has 8 nitrogen and oxygen atoms in total. The van der Waals surface area contributed by atoms with Gasteiger partial charge in [-0.3, -0.25) is 0 Å². The Morgan fingerprint density at radius 1 is 1.03 bits per heavy atom. The van der Waals surface area contributed by atoms with Crippen LogP contribution in [-0.4, -0.2) is 33.3 Å². The summed E-state index contributed by atoms with van der Waals surface area (Å²) in [4.78, 5) is 18.4. The lowest BCUT2D eigenvalue weighted by Crippen LogP contribution is -2.48. The molecule has 0 saturated heterocycles. The van der Waals surface area contributed by atoms with Crippen LogP contribution in [0.2, 0.25) is 0 Å². The van der Waals surface area contributed by atoms with E-state index in [9.17, 15) is 4.79 Å². The molecule has 32 heavy (non-hydrogen) atoms. The van der Waals surface area contributed by atoms with Crippen molar-refractivity contribution in [3.63, 3.8) is 0 Å². The topological polar surface area (TPSA) is 117 Å². The highest BCUT2D eigenvalue weighted by Gasteiger charge is 2.32. The molecule has 2 aromatic carbocycles. The first-order valence-corrected chi connectivity index (χ1v) is 10.3. The van der Waals surface area contributed by atoms with Gasteiger partial charge in [0.15, 0.2) is 5.75 Å². The van der Waals surface area contributed by atoms with Crippen LogP contribution in [0.15, 0.2) is 60.9 Å². The Morgan fingerprint density at radius 2 is 1.59 bits per heavy atom. The van der Waals surface area contributed by atoms with Crippen LogP contribution >= 0.6 is 0 Å². The Morgan fingerprint density at radius 3 is 2.12 bits per heavy atom. The molecule has 1 aromatic heterocycles. The highest BCUT2D eigenvalue weighted by Crippen LogP contribution is 2.30. The minimum Gasteiger partial charge on any atom is -0.490 e. The molecule has 1 fully saturated rings. The Bertz CT molecular complexity index is 1100. The van der Waals surface area contributed by atoms with Crippen molar-refractivity contribution >= 4 is 6.09 Å². The van der Waals surface area contributed by atoms with E-state index in [-0.39, 0.29) is 23.9 Å². The molecule has 1 unspecified atom stereocenters. The van der Waals surface area contributed by atoms with Gasteiger partial charge in [0.2, 0.25) is 5.82 Å². The molecule has 1 aliphatic rings. The summed E-state index contributed by atoms with van der Waals surface area (Å²) in [6.45, 7) is 2.13. The number of amides is 1. The number of hydrogen-bond acceptors (Lipinski definition) is 6. The number of nitrogens with one attached hydrogen (secondary N) is 1.